The number of hydrogen-bond acceptors (Lipinski definition) is 4. The molecule has 0 radical (unpaired) electrons. The number of halogens is 1. The van der Waals surface area contributed by atoms with E-state index in [-0.39, 0.29) is 4.47 Å². The van der Waals surface area contributed by atoms with Crippen LogP contribution < -0.4 is 0 Å². The third kappa shape index (κ3) is 2.45. The van der Waals surface area contributed by atoms with Crippen LogP contribution in [0, 0.1) is 20.2 Å². The second-order valence-corrected chi connectivity index (χ2v) is 4.47. The van der Waals surface area contributed by atoms with Crippen LogP contribution in [0.3, 0.4) is 0 Å². The summed E-state index contributed by atoms with van der Waals surface area (Å²) in [7, 11) is 0. The minimum atomic E-state index is -0.766. The summed E-state index contributed by atoms with van der Waals surface area (Å²) in [5.74, 6) is 0. The monoisotopic (exact) mass is 322 g/mol. The second-order valence-electron chi connectivity index (χ2n) is 3.68. The molecule has 0 aliphatic heterocycles. The first-order chi connectivity index (χ1) is 9.02. The van der Waals surface area contributed by atoms with Crippen LogP contribution in [0.4, 0.5) is 11.4 Å². The lowest BCUT2D eigenvalue weighted by molar-refractivity contribution is -0.423. The van der Waals surface area contributed by atoms with Gasteiger partial charge in [-0.25, -0.2) is 0 Å². The summed E-state index contributed by atoms with van der Waals surface area (Å²) in [6.07, 6.45) is 0. The van der Waals surface area contributed by atoms with Crippen LogP contribution in [-0.2, 0) is 0 Å². The Kier molecular flexibility index (Phi) is 3.57. The van der Waals surface area contributed by atoms with Crippen molar-refractivity contribution in [1.82, 2.24) is 0 Å². The fourth-order valence-corrected chi connectivity index (χ4v) is 2.43. The normalized spacial score (nSPS) is 10.2. The molecular weight excluding hydrogens is 316 g/mol. The molecule has 0 unspecified atom stereocenters. The summed E-state index contributed by atoms with van der Waals surface area (Å²) in [6, 6.07) is 11.6. The minimum Gasteiger partial charge on any atom is -0.258 e. The molecule has 96 valence electrons. The maximum Gasteiger partial charge on any atom is 0.360 e. The lowest BCUT2D eigenvalue weighted by atomic mass is 10.0. The number of benzene rings is 2. The predicted octanol–water partition coefficient (Wildman–Crippen LogP) is 3.93. The van der Waals surface area contributed by atoms with Gasteiger partial charge in [-0.05, 0) is 27.6 Å². The fraction of sp³-hybridized carbons (Fsp3) is 0. The number of nitrogens with zero attached hydrogens (tertiary/aromatic N) is 2. The highest BCUT2D eigenvalue weighted by atomic mass is 79.9. The zero-order valence-electron chi connectivity index (χ0n) is 9.45. The Hall–Kier alpha value is -2.28. The van der Waals surface area contributed by atoms with Crippen molar-refractivity contribution in [1.29, 1.82) is 0 Å². The maximum absolute atomic E-state index is 11.0. The number of nitro groups is 2. The van der Waals surface area contributed by atoms with Crippen molar-refractivity contribution in [2.24, 2.45) is 0 Å². The Morgan fingerprint density at radius 1 is 0.895 bits per heavy atom. The Morgan fingerprint density at radius 3 is 2.05 bits per heavy atom. The molecule has 7 heteroatoms. The molecule has 0 fully saturated rings. The maximum atomic E-state index is 11.0. The Bertz CT molecular complexity index is 658. The van der Waals surface area contributed by atoms with Gasteiger partial charge in [0.25, 0.3) is 0 Å². The molecule has 2 aromatic rings. The minimum absolute atomic E-state index is 0.109. The van der Waals surface area contributed by atoms with Crippen LogP contribution >= 0.6 is 15.9 Å². The van der Waals surface area contributed by atoms with E-state index in [0.29, 0.717) is 5.56 Å². The Balaban J connectivity index is 2.71. The molecule has 2 rings (SSSR count). The predicted molar refractivity (Wildman–Crippen MR) is 72.9 cm³/mol. The molecule has 0 aliphatic carbocycles. The van der Waals surface area contributed by atoms with E-state index in [9.17, 15) is 20.2 Å². The lowest BCUT2D eigenvalue weighted by Crippen LogP contribution is -1.98. The van der Waals surface area contributed by atoms with Gasteiger partial charge in [-0.2, -0.15) is 0 Å². The summed E-state index contributed by atoms with van der Waals surface area (Å²) in [5, 5.41) is 21.8. The largest absolute Gasteiger partial charge is 0.360 e. The molecule has 0 aromatic heterocycles. The van der Waals surface area contributed by atoms with E-state index in [0.717, 1.165) is 11.6 Å². The smallest absolute Gasteiger partial charge is 0.258 e. The van der Waals surface area contributed by atoms with Crippen molar-refractivity contribution in [3.63, 3.8) is 0 Å². The average Bonchev–Trinajstić information content (AvgIpc) is 2.38. The van der Waals surface area contributed by atoms with Crippen molar-refractivity contribution in [2.75, 3.05) is 0 Å². The van der Waals surface area contributed by atoms with E-state index in [1.54, 1.807) is 24.3 Å². The highest BCUT2D eigenvalue weighted by Crippen LogP contribution is 2.41. The molecule has 19 heavy (non-hydrogen) atoms. The third-order valence-corrected chi connectivity index (χ3v) is 3.36. The number of hydrogen-bond donors (Lipinski definition) is 0. The highest BCUT2D eigenvalue weighted by Gasteiger charge is 2.29. The molecule has 0 aliphatic rings. The van der Waals surface area contributed by atoms with Crippen LogP contribution in [0.1, 0.15) is 0 Å². The van der Waals surface area contributed by atoms with Gasteiger partial charge in [-0.15, -0.1) is 0 Å². The first-order valence-corrected chi connectivity index (χ1v) is 5.98. The molecule has 0 N–H and O–H groups in total. The van der Waals surface area contributed by atoms with E-state index >= 15 is 0 Å². The van der Waals surface area contributed by atoms with Gasteiger partial charge in [0.2, 0.25) is 0 Å². The fourth-order valence-electron chi connectivity index (χ4n) is 1.72. The van der Waals surface area contributed by atoms with Crippen molar-refractivity contribution < 1.29 is 9.85 Å². The average molecular weight is 323 g/mol. The van der Waals surface area contributed by atoms with Gasteiger partial charge < -0.3 is 0 Å². The quantitative estimate of drug-likeness (QED) is 0.632. The number of rotatable bonds is 3. The number of nitro benzene ring substituents is 2. The van der Waals surface area contributed by atoms with E-state index in [4.69, 9.17) is 0 Å². The Labute approximate surface area is 116 Å². The molecule has 2 aromatic carbocycles. The molecule has 6 nitrogen and oxygen atoms in total. The summed E-state index contributed by atoms with van der Waals surface area (Å²) in [6.45, 7) is 0. The van der Waals surface area contributed by atoms with Crippen molar-refractivity contribution in [3.05, 3.63) is 67.2 Å². The van der Waals surface area contributed by atoms with Crippen molar-refractivity contribution in [3.8, 4) is 11.1 Å². The van der Waals surface area contributed by atoms with Crippen LogP contribution in [0.15, 0.2) is 46.9 Å². The molecule has 0 saturated carbocycles. The first kappa shape index (κ1) is 13.2. The van der Waals surface area contributed by atoms with Crippen LogP contribution in [0.2, 0.25) is 0 Å². The van der Waals surface area contributed by atoms with E-state index < -0.39 is 21.2 Å². The van der Waals surface area contributed by atoms with E-state index in [1.807, 2.05) is 6.07 Å². The highest BCUT2D eigenvalue weighted by molar-refractivity contribution is 9.10. The molecule has 0 saturated heterocycles. The standard InChI is InChI=1S/C12H7BrN2O4/c13-11-9(8-4-2-1-3-5-8)6-7-10(14(16)17)12(11)15(18)19/h1-7H. The lowest BCUT2D eigenvalue weighted by Gasteiger charge is -2.05. The summed E-state index contributed by atoms with van der Waals surface area (Å²) >= 11 is 3.09. The van der Waals surface area contributed by atoms with Gasteiger partial charge in [0, 0.05) is 11.6 Å². The SMILES string of the molecule is O=[N+]([O-])c1ccc(-c2ccccc2)c(Br)c1[N+](=O)[O-]. The summed E-state index contributed by atoms with van der Waals surface area (Å²) in [4.78, 5) is 20.3. The van der Waals surface area contributed by atoms with Gasteiger partial charge in [-0.1, -0.05) is 30.3 Å². The van der Waals surface area contributed by atoms with Crippen LogP contribution in [-0.4, -0.2) is 9.85 Å². The van der Waals surface area contributed by atoms with Crippen LogP contribution in [0.5, 0.6) is 0 Å². The van der Waals surface area contributed by atoms with Gasteiger partial charge >= 0.3 is 11.4 Å². The van der Waals surface area contributed by atoms with E-state index in [1.165, 1.54) is 6.07 Å². The zero-order chi connectivity index (χ0) is 14.0. The van der Waals surface area contributed by atoms with Gasteiger partial charge in [0.05, 0.1) is 9.85 Å². The van der Waals surface area contributed by atoms with Crippen molar-refractivity contribution in [2.45, 2.75) is 0 Å². The Morgan fingerprint density at radius 2 is 1.53 bits per heavy atom. The van der Waals surface area contributed by atoms with E-state index in [2.05, 4.69) is 15.9 Å². The van der Waals surface area contributed by atoms with Gasteiger partial charge in [0.15, 0.2) is 0 Å². The van der Waals surface area contributed by atoms with Crippen molar-refractivity contribution >= 4 is 27.3 Å². The molecule has 0 spiro atoms. The van der Waals surface area contributed by atoms with Gasteiger partial charge in [-0.3, -0.25) is 20.2 Å². The summed E-state index contributed by atoms with van der Waals surface area (Å²) < 4.78 is 0.109. The topological polar surface area (TPSA) is 86.3 Å². The third-order valence-electron chi connectivity index (χ3n) is 2.56. The zero-order valence-corrected chi connectivity index (χ0v) is 11.0. The molecule has 0 bridgehead atoms. The molecule has 0 amide bonds. The van der Waals surface area contributed by atoms with Gasteiger partial charge in [0.1, 0.15) is 4.47 Å². The summed E-state index contributed by atoms with van der Waals surface area (Å²) in [5.41, 5.74) is 0.216. The molecule has 0 heterocycles. The second kappa shape index (κ2) is 5.15. The van der Waals surface area contributed by atoms with Crippen LogP contribution in [0.25, 0.3) is 11.1 Å². The molecule has 0 atom stereocenters. The molecular formula is C12H7BrN2O4. The first-order valence-electron chi connectivity index (χ1n) is 5.19.